The third-order valence-corrected chi connectivity index (χ3v) is 9.85. The van der Waals surface area contributed by atoms with Gasteiger partial charge in [0.2, 0.25) is 0 Å². The van der Waals surface area contributed by atoms with Gasteiger partial charge in [0.05, 0.1) is 6.10 Å². The fraction of sp³-hybridized carbons (Fsp3) is 0.421. The van der Waals surface area contributed by atoms with Crippen LogP contribution in [-0.2, 0) is 18.5 Å². The smallest absolute Gasteiger partial charge is 0.431 e. The van der Waals surface area contributed by atoms with Crippen LogP contribution in [0.5, 0.6) is 5.75 Å². The second-order valence-corrected chi connectivity index (χ2v) is 11.8. The van der Waals surface area contributed by atoms with Gasteiger partial charge >= 0.3 is 21.8 Å². The van der Waals surface area contributed by atoms with E-state index in [1.807, 2.05) is 0 Å². The van der Waals surface area contributed by atoms with Crippen LogP contribution >= 0.6 is 10.3 Å². The Morgan fingerprint density at radius 1 is 1.03 bits per heavy atom. The van der Waals surface area contributed by atoms with Crippen molar-refractivity contribution in [2.24, 2.45) is 0 Å². The highest BCUT2D eigenvalue weighted by atomic mass is 32.3. The average molecular weight is 466 g/mol. The number of halogens is 3. The van der Waals surface area contributed by atoms with Gasteiger partial charge in [-0.2, -0.15) is 21.6 Å². The van der Waals surface area contributed by atoms with Gasteiger partial charge in [-0.3, -0.25) is 0 Å². The molecule has 0 bridgehead atoms. The van der Waals surface area contributed by atoms with E-state index in [1.54, 1.807) is 44.2 Å². The molecule has 0 amide bonds. The van der Waals surface area contributed by atoms with E-state index in [0.29, 0.717) is 28.5 Å². The van der Waals surface area contributed by atoms with Gasteiger partial charge in [0.25, 0.3) is 0 Å². The van der Waals surface area contributed by atoms with Crippen LogP contribution in [0.4, 0.5) is 18.0 Å². The monoisotopic (exact) mass is 466 g/mol. The SMILES string of the molecule is CC(C)OC(=O)Oc1cccc2c(S3(OS(=O)(=O)C(F)(F)F)CCCC3)cccc12. The van der Waals surface area contributed by atoms with Crippen LogP contribution in [0.25, 0.3) is 10.8 Å². The Kier molecular flexibility index (Phi) is 6.26. The molecule has 6 nitrogen and oxygen atoms in total. The van der Waals surface area contributed by atoms with Gasteiger partial charge in [-0.05, 0) is 44.2 Å². The maximum Gasteiger partial charge on any atom is 0.523 e. The van der Waals surface area contributed by atoms with E-state index in [9.17, 15) is 26.4 Å². The van der Waals surface area contributed by atoms with Crippen molar-refractivity contribution in [2.75, 3.05) is 11.5 Å². The van der Waals surface area contributed by atoms with Crippen molar-refractivity contribution in [1.82, 2.24) is 0 Å². The Balaban J connectivity index is 2.08. The lowest BCUT2D eigenvalue weighted by Crippen LogP contribution is -2.27. The number of ether oxygens (including phenoxy) is 2. The highest BCUT2D eigenvalue weighted by Crippen LogP contribution is 2.65. The summed E-state index contributed by atoms with van der Waals surface area (Å²) in [5, 5.41) is 0.920. The molecule has 1 aliphatic heterocycles. The summed E-state index contributed by atoms with van der Waals surface area (Å²) in [6, 6.07) is 9.53. The molecule has 0 N–H and O–H groups in total. The fourth-order valence-corrected chi connectivity index (χ4v) is 8.69. The van der Waals surface area contributed by atoms with Crippen LogP contribution in [0.3, 0.4) is 0 Å². The number of carbonyl (C=O) groups is 1. The average Bonchev–Trinajstić information content (AvgIpc) is 3.08. The highest BCUT2D eigenvalue weighted by Gasteiger charge is 2.52. The van der Waals surface area contributed by atoms with E-state index >= 15 is 0 Å². The van der Waals surface area contributed by atoms with E-state index in [-0.39, 0.29) is 17.3 Å². The number of alkyl halides is 3. The second kappa shape index (κ2) is 8.27. The molecule has 1 saturated heterocycles. The Morgan fingerprint density at radius 3 is 2.23 bits per heavy atom. The number of rotatable bonds is 5. The summed E-state index contributed by atoms with van der Waals surface area (Å²) >= 11 is 0. The number of fused-ring (bicyclic) bond motifs is 1. The quantitative estimate of drug-likeness (QED) is 0.329. The van der Waals surface area contributed by atoms with Crippen LogP contribution in [-0.4, -0.2) is 37.7 Å². The number of carbonyl (C=O) groups excluding carboxylic acids is 1. The van der Waals surface area contributed by atoms with Crippen LogP contribution in [0.2, 0.25) is 0 Å². The Labute approximate surface area is 173 Å². The molecule has 0 aromatic heterocycles. The fourth-order valence-electron chi connectivity index (χ4n) is 3.28. The summed E-state index contributed by atoms with van der Waals surface area (Å²) in [6.45, 7) is 3.32. The minimum atomic E-state index is -5.77. The maximum atomic E-state index is 13.0. The first-order valence-electron chi connectivity index (χ1n) is 9.16. The Hall–Kier alpha value is -1.98. The molecular weight excluding hydrogens is 445 g/mol. The molecule has 1 aliphatic rings. The van der Waals surface area contributed by atoms with Crippen molar-refractivity contribution >= 4 is 37.4 Å². The largest absolute Gasteiger partial charge is 0.523 e. The molecule has 1 heterocycles. The molecule has 2 aromatic carbocycles. The van der Waals surface area contributed by atoms with E-state index in [1.165, 1.54) is 6.07 Å². The molecule has 0 radical (unpaired) electrons. The summed E-state index contributed by atoms with van der Waals surface area (Å²) in [6.07, 6.45) is -0.205. The van der Waals surface area contributed by atoms with E-state index < -0.39 is 38.2 Å². The molecule has 11 heteroatoms. The third-order valence-electron chi connectivity index (χ3n) is 4.47. The van der Waals surface area contributed by atoms with Crippen molar-refractivity contribution < 1.29 is 39.5 Å². The number of hydrogen-bond donors (Lipinski definition) is 0. The van der Waals surface area contributed by atoms with Crippen LogP contribution in [0.15, 0.2) is 41.3 Å². The summed E-state index contributed by atoms with van der Waals surface area (Å²) in [4.78, 5) is 12.3. The second-order valence-electron chi connectivity index (χ2n) is 7.02. The van der Waals surface area contributed by atoms with Crippen LogP contribution in [0.1, 0.15) is 26.7 Å². The predicted octanol–water partition coefficient (Wildman–Crippen LogP) is 5.50. The zero-order valence-corrected chi connectivity index (χ0v) is 17.9. The highest BCUT2D eigenvalue weighted by molar-refractivity contribution is 8.33. The zero-order chi connectivity index (χ0) is 22.2. The first-order chi connectivity index (χ1) is 14.0. The van der Waals surface area contributed by atoms with E-state index in [4.69, 9.17) is 13.1 Å². The topological polar surface area (TPSA) is 78.9 Å². The molecular formula is C19H21F3O6S2. The van der Waals surface area contributed by atoms with Crippen molar-refractivity contribution in [3.8, 4) is 5.75 Å². The molecule has 0 aliphatic carbocycles. The molecule has 0 saturated carbocycles. The zero-order valence-electron chi connectivity index (χ0n) is 16.3. The summed E-state index contributed by atoms with van der Waals surface area (Å²) in [5.74, 6) is 0.551. The van der Waals surface area contributed by atoms with Crippen molar-refractivity contribution in [3.05, 3.63) is 36.4 Å². The lowest BCUT2D eigenvalue weighted by molar-refractivity contribution is -0.0496. The minimum Gasteiger partial charge on any atom is -0.431 e. The van der Waals surface area contributed by atoms with Gasteiger partial charge in [0.15, 0.2) is 0 Å². The van der Waals surface area contributed by atoms with Gasteiger partial charge in [-0.25, -0.2) is 8.42 Å². The van der Waals surface area contributed by atoms with Gasteiger partial charge in [0, 0.05) is 21.8 Å². The first kappa shape index (κ1) is 22.7. The predicted molar refractivity (Wildman–Crippen MR) is 107 cm³/mol. The molecule has 0 spiro atoms. The lowest BCUT2D eigenvalue weighted by atomic mass is 10.1. The molecule has 0 atom stereocenters. The van der Waals surface area contributed by atoms with Gasteiger partial charge in [-0.15, -0.1) is 0 Å². The molecule has 0 unspecified atom stereocenters. The number of hydrogen-bond acceptors (Lipinski definition) is 6. The van der Waals surface area contributed by atoms with E-state index in [0.717, 1.165) is 0 Å². The molecule has 2 aromatic rings. The summed E-state index contributed by atoms with van der Waals surface area (Å²) in [5.41, 5.74) is -5.50. The van der Waals surface area contributed by atoms with Crippen LogP contribution in [0, 0.1) is 0 Å². The van der Waals surface area contributed by atoms with Crippen molar-refractivity contribution in [3.63, 3.8) is 0 Å². The van der Waals surface area contributed by atoms with Crippen LogP contribution < -0.4 is 4.74 Å². The van der Waals surface area contributed by atoms with Gasteiger partial charge in [0.1, 0.15) is 5.75 Å². The van der Waals surface area contributed by atoms with E-state index in [2.05, 4.69) is 0 Å². The first-order valence-corrected chi connectivity index (χ1v) is 12.5. The van der Waals surface area contributed by atoms with Crippen molar-refractivity contribution in [2.45, 2.75) is 43.2 Å². The molecule has 3 rings (SSSR count). The summed E-state index contributed by atoms with van der Waals surface area (Å²) in [7, 11) is -8.52. The molecule has 30 heavy (non-hydrogen) atoms. The third kappa shape index (κ3) is 4.52. The molecule has 1 fully saturated rings. The standard InChI is InChI=1S/C19H21F3O6S2/c1-13(2)26-18(23)27-16-9-5-8-15-14(16)7-6-10-17(15)29(11-3-4-12-29)28-30(24,25)19(20,21)22/h5-10,13H,3-4,11-12H2,1-2H3. The Morgan fingerprint density at radius 2 is 1.63 bits per heavy atom. The Bertz CT molecular complexity index is 1040. The van der Waals surface area contributed by atoms with Gasteiger partial charge in [-0.1, -0.05) is 34.6 Å². The van der Waals surface area contributed by atoms with Crippen molar-refractivity contribution in [1.29, 1.82) is 0 Å². The molecule has 166 valence electrons. The lowest BCUT2D eigenvalue weighted by Gasteiger charge is -2.35. The minimum absolute atomic E-state index is 0.159. The normalized spacial score (nSPS) is 17.8. The summed E-state index contributed by atoms with van der Waals surface area (Å²) < 4.78 is 77.9. The number of benzene rings is 2. The maximum absolute atomic E-state index is 13.0. The van der Waals surface area contributed by atoms with Gasteiger partial charge < -0.3 is 9.47 Å².